The molecule has 0 radical (unpaired) electrons. The van der Waals surface area contributed by atoms with Crippen LogP contribution in [0, 0.1) is 0 Å². The van der Waals surface area contributed by atoms with Gasteiger partial charge in [0.2, 0.25) is 10.0 Å². The molecule has 1 aliphatic heterocycles. The van der Waals surface area contributed by atoms with Gasteiger partial charge in [0.1, 0.15) is 0 Å². The lowest BCUT2D eigenvalue weighted by Crippen LogP contribution is -2.35. The lowest BCUT2D eigenvalue weighted by atomic mass is 10.2. The van der Waals surface area contributed by atoms with E-state index < -0.39 is 10.0 Å². The summed E-state index contributed by atoms with van der Waals surface area (Å²) >= 11 is 5.97. The van der Waals surface area contributed by atoms with E-state index in [9.17, 15) is 8.42 Å². The summed E-state index contributed by atoms with van der Waals surface area (Å²) in [7, 11) is -3.48. The summed E-state index contributed by atoms with van der Waals surface area (Å²) in [6.45, 7) is 2.38. The van der Waals surface area contributed by atoms with Gasteiger partial charge in [-0.15, -0.1) is 0 Å². The summed E-state index contributed by atoms with van der Waals surface area (Å²) in [5, 5.41) is 9.35. The summed E-state index contributed by atoms with van der Waals surface area (Å²) < 4.78 is 26.7. The molecule has 6 heteroatoms. The molecular weight excluding hydrogens is 286 g/mol. The van der Waals surface area contributed by atoms with Gasteiger partial charge >= 0.3 is 0 Å². The van der Waals surface area contributed by atoms with Gasteiger partial charge < -0.3 is 5.11 Å². The second-order valence-electron chi connectivity index (χ2n) is 4.73. The Morgan fingerprint density at radius 3 is 2.79 bits per heavy atom. The zero-order valence-corrected chi connectivity index (χ0v) is 12.4. The summed E-state index contributed by atoms with van der Waals surface area (Å²) in [5.41, 5.74) is 0.536. The van der Waals surface area contributed by atoms with Crippen molar-refractivity contribution in [3.63, 3.8) is 0 Å². The van der Waals surface area contributed by atoms with E-state index in [2.05, 4.69) is 0 Å². The summed E-state index contributed by atoms with van der Waals surface area (Å²) in [4.78, 5) is 0.204. The van der Waals surface area contributed by atoms with Crippen molar-refractivity contribution < 1.29 is 13.5 Å². The third-order valence-electron chi connectivity index (χ3n) is 3.60. The molecule has 1 N–H and O–H groups in total. The first-order valence-corrected chi connectivity index (χ1v) is 8.23. The second-order valence-corrected chi connectivity index (χ2v) is 7.03. The highest BCUT2D eigenvalue weighted by molar-refractivity contribution is 7.89. The van der Waals surface area contributed by atoms with Gasteiger partial charge in [0.25, 0.3) is 0 Å². The first kappa shape index (κ1) is 14.8. The molecule has 1 aliphatic rings. The summed E-state index contributed by atoms with van der Waals surface area (Å²) in [6.07, 6.45) is 2.64. The number of nitrogens with zero attached hydrogens (tertiary/aromatic N) is 1. The Morgan fingerprint density at radius 2 is 2.21 bits per heavy atom. The quantitative estimate of drug-likeness (QED) is 0.929. The van der Waals surface area contributed by atoms with E-state index in [0.29, 0.717) is 12.1 Å². The Labute approximate surface area is 119 Å². The van der Waals surface area contributed by atoms with E-state index in [4.69, 9.17) is 16.7 Å². The number of aliphatic hydroxyl groups excluding tert-OH is 1. The average Bonchev–Trinajstić information content (AvgIpc) is 2.87. The second kappa shape index (κ2) is 5.79. The maximum absolute atomic E-state index is 12.6. The number of benzene rings is 1. The first-order chi connectivity index (χ1) is 9.00. The molecule has 1 aromatic rings. The van der Waals surface area contributed by atoms with Gasteiger partial charge in [-0.1, -0.05) is 24.6 Å². The van der Waals surface area contributed by atoms with E-state index in [1.807, 2.05) is 6.92 Å². The zero-order chi connectivity index (χ0) is 14.0. The number of halogens is 1. The Kier molecular flexibility index (Phi) is 4.50. The van der Waals surface area contributed by atoms with E-state index in [1.54, 1.807) is 10.4 Å². The van der Waals surface area contributed by atoms with Crippen LogP contribution in [0.1, 0.15) is 31.7 Å². The molecule has 1 fully saturated rings. The lowest BCUT2D eigenvalue weighted by Gasteiger charge is -2.23. The van der Waals surface area contributed by atoms with Crippen LogP contribution in [0.25, 0.3) is 0 Å². The van der Waals surface area contributed by atoms with Crippen LogP contribution in [0.2, 0.25) is 5.02 Å². The predicted octanol–water partition coefficient (Wildman–Crippen LogP) is 2.40. The van der Waals surface area contributed by atoms with Crippen molar-refractivity contribution in [2.24, 2.45) is 0 Å². The van der Waals surface area contributed by atoms with Crippen molar-refractivity contribution in [3.8, 4) is 0 Å². The maximum Gasteiger partial charge on any atom is 0.243 e. The van der Waals surface area contributed by atoms with E-state index >= 15 is 0 Å². The maximum atomic E-state index is 12.6. The zero-order valence-electron chi connectivity index (χ0n) is 10.8. The largest absolute Gasteiger partial charge is 0.392 e. The summed E-state index contributed by atoms with van der Waals surface area (Å²) in [5.74, 6) is 0. The topological polar surface area (TPSA) is 57.6 Å². The molecule has 1 heterocycles. The van der Waals surface area contributed by atoms with Gasteiger partial charge in [0.15, 0.2) is 0 Å². The lowest BCUT2D eigenvalue weighted by molar-refractivity contribution is 0.282. The van der Waals surface area contributed by atoms with E-state index in [-0.39, 0.29) is 22.6 Å². The van der Waals surface area contributed by atoms with Crippen molar-refractivity contribution in [2.45, 2.75) is 43.7 Å². The molecule has 0 spiro atoms. The number of sulfonamides is 1. The van der Waals surface area contributed by atoms with Crippen LogP contribution in [0.15, 0.2) is 23.1 Å². The molecule has 1 aromatic carbocycles. The monoisotopic (exact) mass is 303 g/mol. The average molecular weight is 304 g/mol. The molecule has 0 bridgehead atoms. The van der Waals surface area contributed by atoms with Gasteiger partial charge in [0.05, 0.1) is 11.5 Å². The van der Waals surface area contributed by atoms with Crippen molar-refractivity contribution in [1.82, 2.24) is 4.31 Å². The molecule has 2 rings (SSSR count). The first-order valence-electron chi connectivity index (χ1n) is 6.41. The predicted molar refractivity (Wildman–Crippen MR) is 74.6 cm³/mol. The molecule has 0 aliphatic carbocycles. The van der Waals surface area contributed by atoms with Gasteiger partial charge in [-0.2, -0.15) is 4.31 Å². The van der Waals surface area contributed by atoms with Crippen molar-refractivity contribution in [2.75, 3.05) is 6.54 Å². The molecule has 0 saturated carbocycles. The molecule has 1 atom stereocenters. The van der Waals surface area contributed by atoms with Crippen LogP contribution in [0.5, 0.6) is 0 Å². The number of hydrogen-bond donors (Lipinski definition) is 1. The Balaban J connectivity index is 2.37. The standard InChI is InChI=1S/C13H18ClNO3S/c1-2-11-4-3-7-15(11)19(17,18)12-6-5-10(9-16)13(14)8-12/h5-6,8,11,16H,2-4,7,9H2,1H3. The van der Waals surface area contributed by atoms with Crippen LogP contribution in [0.4, 0.5) is 0 Å². The van der Waals surface area contributed by atoms with Gasteiger partial charge in [-0.3, -0.25) is 0 Å². The van der Waals surface area contributed by atoms with Gasteiger partial charge in [0, 0.05) is 17.6 Å². The fourth-order valence-electron chi connectivity index (χ4n) is 2.49. The Hall–Kier alpha value is -0.620. The van der Waals surface area contributed by atoms with Crippen LogP contribution >= 0.6 is 11.6 Å². The highest BCUT2D eigenvalue weighted by Crippen LogP contribution is 2.29. The minimum absolute atomic E-state index is 0.0845. The molecular formula is C13H18ClNO3S. The van der Waals surface area contributed by atoms with Crippen LogP contribution < -0.4 is 0 Å². The third kappa shape index (κ3) is 2.79. The normalized spacial score (nSPS) is 20.9. The fraction of sp³-hybridized carbons (Fsp3) is 0.538. The van der Waals surface area contributed by atoms with Crippen LogP contribution in [-0.2, 0) is 16.6 Å². The molecule has 19 heavy (non-hydrogen) atoms. The number of aliphatic hydroxyl groups is 1. The van der Waals surface area contributed by atoms with Gasteiger partial charge in [-0.05, 0) is 37.0 Å². The minimum Gasteiger partial charge on any atom is -0.392 e. The Morgan fingerprint density at radius 1 is 1.47 bits per heavy atom. The van der Waals surface area contributed by atoms with Crippen molar-refractivity contribution >= 4 is 21.6 Å². The third-order valence-corrected chi connectivity index (χ3v) is 5.90. The van der Waals surface area contributed by atoms with Crippen LogP contribution in [-0.4, -0.2) is 30.4 Å². The molecule has 1 unspecified atom stereocenters. The molecule has 1 saturated heterocycles. The van der Waals surface area contributed by atoms with E-state index in [1.165, 1.54) is 12.1 Å². The molecule has 106 valence electrons. The van der Waals surface area contributed by atoms with Gasteiger partial charge in [-0.25, -0.2) is 8.42 Å². The van der Waals surface area contributed by atoms with Crippen molar-refractivity contribution in [3.05, 3.63) is 28.8 Å². The SMILES string of the molecule is CCC1CCCN1S(=O)(=O)c1ccc(CO)c(Cl)c1. The minimum atomic E-state index is -3.48. The molecule has 0 aromatic heterocycles. The highest BCUT2D eigenvalue weighted by Gasteiger charge is 2.34. The summed E-state index contributed by atoms with van der Waals surface area (Å²) in [6, 6.07) is 4.58. The van der Waals surface area contributed by atoms with Crippen molar-refractivity contribution in [1.29, 1.82) is 0 Å². The molecule has 0 amide bonds. The van der Waals surface area contributed by atoms with E-state index in [0.717, 1.165) is 19.3 Å². The fourth-order valence-corrected chi connectivity index (χ4v) is 4.58. The Bertz CT molecular complexity index is 559. The molecule has 4 nitrogen and oxygen atoms in total. The number of rotatable bonds is 4. The highest BCUT2D eigenvalue weighted by atomic mass is 35.5. The number of hydrogen-bond acceptors (Lipinski definition) is 3. The smallest absolute Gasteiger partial charge is 0.243 e. The van der Waals surface area contributed by atoms with Crippen LogP contribution in [0.3, 0.4) is 0 Å².